The Balaban J connectivity index is 1.65. The van der Waals surface area contributed by atoms with Gasteiger partial charge in [0.15, 0.2) is 9.84 Å². The molecule has 1 aromatic heterocycles. The predicted molar refractivity (Wildman–Crippen MR) is 110 cm³/mol. The molecule has 3 heterocycles. The van der Waals surface area contributed by atoms with E-state index in [1.165, 1.54) is 17.2 Å². The number of benzene rings is 1. The average Bonchev–Trinajstić information content (AvgIpc) is 2.77. The second-order valence-electron chi connectivity index (χ2n) is 7.44. The number of sulfonamides is 1. The fourth-order valence-corrected chi connectivity index (χ4v) is 6.12. The molecule has 1 fully saturated rings. The number of fused-ring (bicyclic) bond motifs is 1. The number of hydrogen-bond donors (Lipinski definition) is 0. The molecule has 0 saturated carbocycles. The number of rotatable bonds is 3. The molecule has 33 heavy (non-hydrogen) atoms. The van der Waals surface area contributed by atoms with Crippen molar-refractivity contribution in [2.75, 3.05) is 42.1 Å². The summed E-state index contributed by atoms with van der Waals surface area (Å²) < 4.78 is 94.4. The molecule has 0 N–H and O–H groups in total. The first-order valence-corrected chi connectivity index (χ1v) is 13.0. The van der Waals surface area contributed by atoms with E-state index in [-0.39, 0.29) is 59.8 Å². The number of nitrogens with zero attached hydrogens (tertiary/aromatic N) is 3. The molecular weight excluding hydrogens is 487 g/mol. The molecule has 1 aromatic carbocycles. The number of aromatic nitrogens is 1. The van der Waals surface area contributed by atoms with Crippen LogP contribution < -0.4 is 9.04 Å². The number of carbonyl (C=O) groups excluding carboxylic acids is 1. The van der Waals surface area contributed by atoms with E-state index in [4.69, 9.17) is 4.74 Å². The third-order valence-corrected chi connectivity index (χ3v) is 8.72. The van der Waals surface area contributed by atoms with E-state index in [0.717, 1.165) is 16.4 Å². The maximum absolute atomic E-state index is 13.2. The molecule has 4 rings (SSSR count). The molecule has 2 aliphatic rings. The summed E-state index contributed by atoms with van der Waals surface area (Å²) in [5.74, 6) is -0.907. The Morgan fingerprint density at radius 2 is 1.70 bits per heavy atom. The number of hydrogen-bond acceptors (Lipinski definition) is 7. The van der Waals surface area contributed by atoms with Crippen LogP contribution in [0.5, 0.6) is 5.88 Å². The van der Waals surface area contributed by atoms with Crippen molar-refractivity contribution in [3.63, 3.8) is 0 Å². The number of sulfone groups is 1. The van der Waals surface area contributed by atoms with Gasteiger partial charge in [-0.3, -0.25) is 9.10 Å². The van der Waals surface area contributed by atoms with Crippen molar-refractivity contribution < 1.29 is 39.5 Å². The van der Waals surface area contributed by atoms with Crippen LogP contribution in [0.25, 0.3) is 0 Å². The molecule has 0 atom stereocenters. The molecule has 14 heteroatoms. The van der Waals surface area contributed by atoms with Crippen LogP contribution in [-0.4, -0.2) is 70.4 Å². The average molecular weight is 505 g/mol. The van der Waals surface area contributed by atoms with Crippen molar-refractivity contribution in [1.29, 1.82) is 0 Å². The van der Waals surface area contributed by atoms with Crippen LogP contribution in [0.3, 0.4) is 0 Å². The lowest BCUT2D eigenvalue weighted by Crippen LogP contribution is -2.44. The second-order valence-corrected chi connectivity index (χ2v) is 11.6. The minimum absolute atomic E-state index is 0.00230. The number of anilines is 1. The normalized spacial score (nSPS) is 18.4. The van der Waals surface area contributed by atoms with Crippen molar-refractivity contribution in [3.8, 4) is 5.88 Å². The zero-order valence-electron chi connectivity index (χ0n) is 16.9. The number of pyridine rings is 1. The van der Waals surface area contributed by atoms with Crippen LogP contribution in [0.1, 0.15) is 15.9 Å². The lowest BCUT2D eigenvalue weighted by molar-refractivity contribution is -0.137. The van der Waals surface area contributed by atoms with Crippen molar-refractivity contribution in [2.24, 2.45) is 0 Å². The topological polar surface area (TPSA) is 114 Å². The van der Waals surface area contributed by atoms with E-state index < -0.39 is 37.5 Å². The molecule has 0 unspecified atom stereocenters. The Bertz CT molecular complexity index is 1280. The quantitative estimate of drug-likeness (QED) is 0.622. The molecule has 0 spiro atoms. The van der Waals surface area contributed by atoms with Gasteiger partial charge in [0, 0.05) is 19.3 Å². The summed E-state index contributed by atoms with van der Waals surface area (Å²) in [6, 6.07) is 4.36. The van der Waals surface area contributed by atoms with Crippen molar-refractivity contribution >= 4 is 31.5 Å². The highest BCUT2D eigenvalue weighted by Crippen LogP contribution is 2.36. The molecule has 9 nitrogen and oxygen atoms in total. The molecule has 0 bridgehead atoms. The van der Waals surface area contributed by atoms with Gasteiger partial charge in [-0.25, -0.2) is 21.8 Å². The summed E-state index contributed by atoms with van der Waals surface area (Å²) in [5.41, 5.74) is -0.982. The summed E-state index contributed by atoms with van der Waals surface area (Å²) in [6.45, 7) is -0.181. The zero-order valence-corrected chi connectivity index (χ0v) is 18.6. The lowest BCUT2D eigenvalue weighted by Gasteiger charge is -2.31. The Labute approximate surface area is 187 Å². The Kier molecular flexibility index (Phi) is 5.76. The zero-order chi connectivity index (χ0) is 24.0. The van der Waals surface area contributed by atoms with E-state index in [0.29, 0.717) is 12.1 Å². The fraction of sp³-hybridized carbons (Fsp3) is 0.368. The van der Waals surface area contributed by atoms with E-state index in [2.05, 4.69) is 4.98 Å². The summed E-state index contributed by atoms with van der Waals surface area (Å²) in [7, 11) is -7.48. The fourth-order valence-electron chi connectivity index (χ4n) is 3.48. The van der Waals surface area contributed by atoms with Crippen LogP contribution in [0, 0.1) is 0 Å². The van der Waals surface area contributed by atoms with Gasteiger partial charge in [0.2, 0.25) is 5.88 Å². The maximum Gasteiger partial charge on any atom is 0.416 e. The van der Waals surface area contributed by atoms with Crippen LogP contribution in [0.2, 0.25) is 0 Å². The summed E-state index contributed by atoms with van der Waals surface area (Å²) in [5, 5.41) is 0. The van der Waals surface area contributed by atoms with E-state index in [9.17, 15) is 34.8 Å². The highest BCUT2D eigenvalue weighted by Gasteiger charge is 2.35. The van der Waals surface area contributed by atoms with Gasteiger partial charge in [0.25, 0.3) is 15.9 Å². The number of alkyl halides is 3. The second kappa shape index (κ2) is 8.17. The van der Waals surface area contributed by atoms with Gasteiger partial charge >= 0.3 is 6.18 Å². The SMILES string of the molecule is O=C(c1cnc2c(c1)N(S(=O)(=O)c1ccc(C(F)(F)F)cc1)CCO2)N1CCS(=O)(=O)CC1. The van der Waals surface area contributed by atoms with E-state index in [1.807, 2.05) is 0 Å². The highest BCUT2D eigenvalue weighted by molar-refractivity contribution is 7.92. The summed E-state index contributed by atoms with van der Waals surface area (Å²) in [6.07, 6.45) is -3.40. The number of amides is 1. The van der Waals surface area contributed by atoms with E-state index >= 15 is 0 Å². The maximum atomic E-state index is 13.2. The van der Waals surface area contributed by atoms with Gasteiger partial charge in [0.05, 0.1) is 34.1 Å². The van der Waals surface area contributed by atoms with Crippen molar-refractivity contribution in [2.45, 2.75) is 11.1 Å². The van der Waals surface area contributed by atoms with Crippen LogP contribution in [0.4, 0.5) is 18.9 Å². The standard InChI is InChI=1S/C19H18F3N3O6S2/c20-19(21,22)14-1-3-15(4-2-14)33(29,30)25-5-8-31-17-16(25)11-13(12-23-17)18(26)24-6-9-32(27,28)10-7-24/h1-4,11-12H,5-10H2. The largest absolute Gasteiger partial charge is 0.474 e. The molecule has 1 saturated heterocycles. The summed E-state index contributed by atoms with van der Waals surface area (Å²) in [4.78, 5) is 17.8. The van der Waals surface area contributed by atoms with Gasteiger partial charge in [0.1, 0.15) is 12.3 Å². The van der Waals surface area contributed by atoms with Crippen LogP contribution >= 0.6 is 0 Å². The first-order valence-electron chi connectivity index (χ1n) is 9.71. The highest BCUT2D eigenvalue weighted by atomic mass is 32.2. The monoisotopic (exact) mass is 505 g/mol. The minimum Gasteiger partial charge on any atom is -0.474 e. The van der Waals surface area contributed by atoms with Crippen molar-refractivity contribution in [1.82, 2.24) is 9.88 Å². The molecule has 178 valence electrons. The first kappa shape index (κ1) is 23.3. The smallest absolute Gasteiger partial charge is 0.416 e. The molecule has 0 aliphatic carbocycles. The van der Waals surface area contributed by atoms with Crippen LogP contribution in [0.15, 0.2) is 41.4 Å². The Morgan fingerprint density at radius 1 is 1.06 bits per heavy atom. The van der Waals surface area contributed by atoms with E-state index in [1.54, 1.807) is 0 Å². The molecule has 2 aromatic rings. The van der Waals surface area contributed by atoms with Crippen LogP contribution in [-0.2, 0) is 26.0 Å². The Morgan fingerprint density at radius 3 is 2.30 bits per heavy atom. The van der Waals surface area contributed by atoms with Gasteiger partial charge in [-0.05, 0) is 30.3 Å². The van der Waals surface area contributed by atoms with Gasteiger partial charge in [-0.2, -0.15) is 13.2 Å². The third kappa shape index (κ3) is 4.62. The van der Waals surface area contributed by atoms with Gasteiger partial charge in [-0.15, -0.1) is 0 Å². The van der Waals surface area contributed by atoms with Gasteiger partial charge < -0.3 is 9.64 Å². The number of ether oxygens (including phenoxy) is 1. The minimum atomic E-state index is -4.61. The summed E-state index contributed by atoms with van der Waals surface area (Å²) >= 11 is 0. The van der Waals surface area contributed by atoms with Crippen molar-refractivity contribution in [3.05, 3.63) is 47.7 Å². The predicted octanol–water partition coefficient (Wildman–Crippen LogP) is 1.56. The third-order valence-electron chi connectivity index (χ3n) is 5.28. The lowest BCUT2D eigenvalue weighted by atomic mass is 10.2. The molecular formula is C19H18F3N3O6S2. The first-order chi connectivity index (χ1) is 15.4. The number of halogens is 3. The molecule has 2 aliphatic heterocycles. The molecule has 0 radical (unpaired) electrons. The van der Waals surface area contributed by atoms with Gasteiger partial charge in [-0.1, -0.05) is 0 Å². The molecule has 1 amide bonds. The Hall–Kier alpha value is -2.87. The number of carbonyl (C=O) groups is 1.